The number of rotatable bonds is 5. The number of fused-ring (bicyclic) bond motifs is 1. The highest BCUT2D eigenvalue weighted by atomic mass is 19.4. The lowest BCUT2D eigenvalue weighted by atomic mass is 10.1. The third-order valence-corrected chi connectivity index (χ3v) is 4.52. The van der Waals surface area contributed by atoms with Crippen LogP contribution in [0.2, 0.25) is 0 Å². The maximum atomic E-state index is 12.8. The predicted molar refractivity (Wildman–Crippen MR) is 104 cm³/mol. The lowest BCUT2D eigenvalue weighted by Gasteiger charge is -2.19. The standard InChI is InChI=1S/C18H18F3N9O/c1-8(2)12(14-28-29-15(31-14)18(19,20)21)24-17-26-13(25-16(22)27-17)10-4-5-11-6-23-9(3)30(11)7-10/h4-8,12H,1-3H3,(H3,22,24,25,26,27). The van der Waals surface area contributed by atoms with E-state index in [-0.39, 0.29) is 29.5 Å². The Balaban J connectivity index is 1.68. The van der Waals surface area contributed by atoms with Crippen LogP contribution in [0.5, 0.6) is 0 Å². The van der Waals surface area contributed by atoms with Crippen molar-refractivity contribution in [2.75, 3.05) is 11.1 Å². The minimum absolute atomic E-state index is 0.0565. The highest BCUT2D eigenvalue weighted by Gasteiger charge is 2.39. The molecule has 0 amide bonds. The number of nitrogens with two attached hydrogens (primary N) is 1. The molecule has 0 fully saturated rings. The van der Waals surface area contributed by atoms with Crippen LogP contribution in [0, 0.1) is 12.8 Å². The maximum Gasteiger partial charge on any atom is 0.470 e. The fourth-order valence-corrected chi connectivity index (χ4v) is 2.97. The van der Waals surface area contributed by atoms with Crippen molar-refractivity contribution in [2.24, 2.45) is 5.92 Å². The normalized spacial score (nSPS) is 13.1. The summed E-state index contributed by atoms with van der Waals surface area (Å²) in [6, 6.07) is 2.88. The molecule has 0 aliphatic rings. The van der Waals surface area contributed by atoms with Gasteiger partial charge in [-0.2, -0.15) is 28.1 Å². The first-order chi connectivity index (χ1) is 14.6. The molecule has 13 heteroatoms. The van der Waals surface area contributed by atoms with Crippen LogP contribution in [0.3, 0.4) is 0 Å². The van der Waals surface area contributed by atoms with Crippen molar-refractivity contribution >= 4 is 17.4 Å². The van der Waals surface area contributed by atoms with Crippen molar-refractivity contribution in [3.8, 4) is 11.4 Å². The number of nitrogen functional groups attached to an aromatic ring is 1. The summed E-state index contributed by atoms with van der Waals surface area (Å²) >= 11 is 0. The molecule has 162 valence electrons. The molecule has 0 aliphatic heterocycles. The van der Waals surface area contributed by atoms with Crippen molar-refractivity contribution in [3.05, 3.63) is 42.1 Å². The first kappa shape index (κ1) is 20.5. The number of hydrogen-bond donors (Lipinski definition) is 2. The summed E-state index contributed by atoms with van der Waals surface area (Å²) < 4.78 is 45.2. The summed E-state index contributed by atoms with van der Waals surface area (Å²) in [5.74, 6) is -0.807. The summed E-state index contributed by atoms with van der Waals surface area (Å²) in [6.45, 7) is 5.41. The molecular formula is C18H18F3N9O. The van der Waals surface area contributed by atoms with Crippen LogP contribution in [-0.4, -0.2) is 34.5 Å². The number of nitrogens with zero attached hydrogens (tertiary/aromatic N) is 7. The van der Waals surface area contributed by atoms with E-state index in [0.29, 0.717) is 5.56 Å². The molecule has 0 bridgehead atoms. The lowest BCUT2D eigenvalue weighted by Crippen LogP contribution is -2.20. The molecule has 0 saturated carbocycles. The highest BCUT2D eigenvalue weighted by molar-refractivity contribution is 5.61. The van der Waals surface area contributed by atoms with Gasteiger partial charge in [-0.15, -0.1) is 10.2 Å². The zero-order valence-corrected chi connectivity index (χ0v) is 16.7. The quantitative estimate of drug-likeness (QED) is 0.486. The van der Waals surface area contributed by atoms with E-state index in [4.69, 9.17) is 10.2 Å². The Kier molecular flexibility index (Phi) is 4.95. The number of aromatic nitrogens is 7. The van der Waals surface area contributed by atoms with Gasteiger partial charge in [-0.3, -0.25) is 0 Å². The van der Waals surface area contributed by atoms with Gasteiger partial charge in [-0.25, -0.2) is 4.98 Å². The van der Waals surface area contributed by atoms with Gasteiger partial charge in [-0.1, -0.05) is 13.8 Å². The molecule has 0 saturated heterocycles. The van der Waals surface area contributed by atoms with E-state index < -0.39 is 18.1 Å². The number of aryl methyl sites for hydroxylation is 1. The molecule has 0 radical (unpaired) electrons. The number of hydrogen-bond acceptors (Lipinski definition) is 9. The van der Waals surface area contributed by atoms with Crippen LogP contribution in [0.15, 0.2) is 28.9 Å². The number of nitrogens with one attached hydrogen (secondary N) is 1. The van der Waals surface area contributed by atoms with E-state index in [1.54, 1.807) is 20.0 Å². The summed E-state index contributed by atoms with van der Waals surface area (Å²) in [5.41, 5.74) is 7.41. The largest absolute Gasteiger partial charge is 0.470 e. The fourth-order valence-electron chi connectivity index (χ4n) is 2.97. The smallest absolute Gasteiger partial charge is 0.415 e. The van der Waals surface area contributed by atoms with E-state index in [1.165, 1.54) is 0 Å². The second kappa shape index (κ2) is 7.49. The molecule has 31 heavy (non-hydrogen) atoms. The third-order valence-electron chi connectivity index (χ3n) is 4.52. The Morgan fingerprint density at radius 3 is 2.58 bits per heavy atom. The van der Waals surface area contributed by atoms with E-state index in [9.17, 15) is 13.2 Å². The average Bonchev–Trinajstić information content (AvgIpc) is 3.32. The van der Waals surface area contributed by atoms with Crippen LogP contribution in [0.1, 0.15) is 37.5 Å². The molecule has 3 N–H and O–H groups in total. The SMILES string of the molecule is Cc1ncc2ccc(-c3nc(N)nc(NC(c4nnc(C(F)(F)F)o4)C(C)C)n3)cn12. The molecule has 0 aliphatic carbocycles. The Morgan fingerprint density at radius 1 is 1.13 bits per heavy atom. The van der Waals surface area contributed by atoms with Crippen LogP contribution in [-0.2, 0) is 6.18 Å². The van der Waals surface area contributed by atoms with Gasteiger partial charge in [0.1, 0.15) is 11.9 Å². The minimum Gasteiger partial charge on any atom is -0.415 e. The van der Waals surface area contributed by atoms with Gasteiger partial charge < -0.3 is 19.9 Å². The lowest BCUT2D eigenvalue weighted by molar-refractivity contribution is -0.157. The van der Waals surface area contributed by atoms with Crippen LogP contribution >= 0.6 is 0 Å². The molecule has 1 atom stereocenters. The van der Waals surface area contributed by atoms with Crippen LogP contribution in [0.25, 0.3) is 16.9 Å². The average molecular weight is 433 g/mol. The van der Waals surface area contributed by atoms with Gasteiger partial charge >= 0.3 is 12.1 Å². The monoisotopic (exact) mass is 433 g/mol. The van der Waals surface area contributed by atoms with Gasteiger partial charge in [0.15, 0.2) is 5.82 Å². The first-order valence-corrected chi connectivity index (χ1v) is 9.24. The summed E-state index contributed by atoms with van der Waals surface area (Å²) in [7, 11) is 0. The van der Waals surface area contributed by atoms with Gasteiger partial charge in [0, 0.05) is 11.8 Å². The summed E-state index contributed by atoms with van der Waals surface area (Å²) in [4.78, 5) is 16.8. The number of alkyl halides is 3. The number of anilines is 2. The zero-order chi connectivity index (χ0) is 22.3. The van der Waals surface area contributed by atoms with Gasteiger partial charge in [0.05, 0.1) is 11.7 Å². The second-order valence-corrected chi connectivity index (χ2v) is 7.17. The Labute approximate surface area is 173 Å². The molecule has 10 nitrogen and oxygen atoms in total. The predicted octanol–water partition coefficient (Wildman–Crippen LogP) is 3.29. The highest BCUT2D eigenvalue weighted by Crippen LogP contribution is 2.31. The van der Waals surface area contributed by atoms with E-state index in [0.717, 1.165) is 11.3 Å². The van der Waals surface area contributed by atoms with E-state index in [2.05, 4.69) is 35.5 Å². The number of imidazole rings is 1. The molecule has 4 aromatic heterocycles. The molecule has 4 rings (SSSR count). The topological polar surface area (TPSA) is 133 Å². The van der Waals surface area contributed by atoms with Crippen molar-refractivity contribution in [1.82, 2.24) is 34.5 Å². The van der Waals surface area contributed by atoms with Crippen LogP contribution in [0.4, 0.5) is 25.1 Å². The van der Waals surface area contributed by atoms with Gasteiger partial charge in [0.25, 0.3) is 0 Å². The minimum atomic E-state index is -4.73. The van der Waals surface area contributed by atoms with Crippen molar-refractivity contribution in [1.29, 1.82) is 0 Å². The van der Waals surface area contributed by atoms with Crippen molar-refractivity contribution in [3.63, 3.8) is 0 Å². The summed E-state index contributed by atoms with van der Waals surface area (Å²) in [6.07, 6.45) is -1.19. The number of pyridine rings is 1. The molecular weight excluding hydrogens is 415 g/mol. The second-order valence-electron chi connectivity index (χ2n) is 7.17. The Hall–Kier alpha value is -3.77. The van der Waals surface area contributed by atoms with Gasteiger partial charge in [0.2, 0.25) is 17.8 Å². The molecule has 0 aromatic carbocycles. The van der Waals surface area contributed by atoms with E-state index in [1.807, 2.05) is 29.7 Å². The summed E-state index contributed by atoms with van der Waals surface area (Å²) in [5, 5.41) is 9.54. The zero-order valence-electron chi connectivity index (χ0n) is 16.7. The molecule has 4 aromatic rings. The molecule has 0 spiro atoms. The van der Waals surface area contributed by atoms with Crippen molar-refractivity contribution in [2.45, 2.75) is 33.0 Å². The van der Waals surface area contributed by atoms with Gasteiger partial charge in [-0.05, 0) is 25.0 Å². The Bertz CT molecular complexity index is 1230. The maximum absolute atomic E-state index is 12.8. The molecule has 1 unspecified atom stereocenters. The Morgan fingerprint density at radius 2 is 1.90 bits per heavy atom. The third kappa shape index (κ3) is 4.11. The van der Waals surface area contributed by atoms with Crippen molar-refractivity contribution < 1.29 is 17.6 Å². The van der Waals surface area contributed by atoms with Crippen LogP contribution < -0.4 is 11.1 Å². The fraction of sp³-hybridized carbons (Fsp3) is 0.333. The number of halogens is 3. The molecule has 4 heterocycles. The van der Waals surface area contributed by atoms with E-state index >= 15 is 0 Å². The first-order valence-electron chi connectivity index (χ1n) is 9.24.